The molecule has 2 aromatic heterocycles. The highest BCUT2D eigenvalue weighted by molar-refractivity contribution is 6.11. The highest BCUT2D eigenvalue weighted by atomic mass is 16.2. The summed E-state index contributed by atoms with van der Waals surface area (Å²) in [5, 5.41) is 7.27. The van der Waals surface area contributed by atoms with E-state index in [0.29, 0.717) is 16.9 Å². The fourth-order valence-electron chi connectivity index (χ4n) is 3.76. The van der Waals surface area contributed by atoms with E-state index in [1.165, 1.54) is 4.90 Å². The number of hydrogen-bond acceptors (Lipinski definition) is 4. The fourth-order valence-corrected chi connectivity index (χ4v) is 3.76. The number of aromatic nitrogens is 3. The average molecular weight is 440 g/mol. The van der Waals surface area contributed by atoms with Gasteiger partial charge in [-0.05, 0) is 49.2 Å². The molecule has 0 aliphatic heterocycles. The summed E-state index contributed by atoms with van der Waals surface area (Å²) in [7, 11) is 1.77. The lowest BCUT2D eigenvalue weighted by atomic mass is 10.0. The summed E-state index contributed by atoms with van der Waals surface area (Å²) in [6.07, 6.45) is 4.90. The SMILES string of the molecule is Cc1cccc(C)c1NC(=O)C(c1ccccn1)N(C(=O)c1ccccc1)c1cnn(C)c1. The quantitative estimate of drug-likeness (QED) is 0.481. The summed E-state index contributed by atoms with van der Waals surface area (Å²) < 4.78 is 1.60. The summed E-state index contributed by atoms with van der Waals surface area (Å²) in [5.74, 6) is -0.685. The second-order valence-electron chi connectivity index (χ2n) is 7.83. The van der Waals surface area contributed by atoms with E-state index in [-0.39, 0.29) is 11.8 Å². The molecule has 4 rings (SSSR count). The molecule has 0 aliphatic rings. The molecule has 2 amide bonds. The van der Waals surface area contributed by atoms with E-state index in [2.05, 4.69) is 15.4 Å². The zero-order valence-electron chi connectivity index (χ0n) is 18.8. The number of rotatable bonds is 6. The minimum atomic E-state index is -1.01. The number of nitrogens with one attached hydrogen (secondary N) is 1. The van der Waals surface area contributed by atoms with Crippen molar-refractivity contribution in [2.24, 2.45) is 7.05 Å². The van der Waals surface area contributed by atoms with Crippen molar-refractivity contribution in [2.45, 2.75) is 19.9 Å². The van der Waals surface area contributed by atoms with Gasteiger partial charge in [-0.1, -0.05) is 42.5 Å². The van der Waals surface area contributed by atoms with Crippen molar-refractivity contribution in [1.29, 1.82) is 0 Å². The van der Waals surface area contributed by atoms with Crippen LogP contribution in [-0.2, 0) is 11.8 Å². The Kier molecular flexibility index (Phi) is 6.31. The van der Waals surface area contributed by atoms with Crippen LogP contribution in [0.3, 0.4) is 0 Å². The van der Waals surface area contributed by atoms with Crippen LogP contribution in [-0.4, -0.2) is 26.6 Å². The molecular weight excluding hydrogens is 414 g/mol. The first-order valence-electron chi connectivity index (χ1n) is 10.6. The summed E-state index contributed by atoms with van der Waals surface area (Å²) in [5.41, 5.74) is 4.01. The summed E-state index contributed by atoms with van der Waals surface area (Å²) in [6.45, 7) is 3.87. The number of para-hydroxylation sites is 1. The lowest BCUT2D eigenvalue weighted by molar-refractivity contribution is -0.117. The number of carbonyl (C=O) groups is 2. The molecule has 0 bridgehead atoms. The highest BCUT2D eigenvalue weighted by Gasteiger charge is 2.35. The molecule has 0 saturated heterocycles. The van der Waals surface area contributed by atoms with Gasteiger partial charge >= 0.3 is 0 Å². The average Bonchev–Trinajstić information content (AvgIpc) is 3.26. The van der Waals surface area contributed by atoms with Crippen molar-refractivity contribution >= 4 is 23.2 Å². The van der Waals surface area contributed by atoms with Crippen LogP contribution in [0, 0.1) is 13.8 Å². The summed E-state index contributed by atoms with van der Waals surface area (Å²) in [6, 6.07) is 19.0. The van der Waals surface area contributed by atoms with E-state index >= 15 is 0 Å². The van der Waals surface area contributed by atoms with Crippen molar-refractivity contribution in [1.82, 2.24) is 14.8 Å². The van der Waals surface area contributed by atoms with Gasteiger partial charge in [-0.25, -0.2) is 0 Å². The first-order chi connectivity index (χ1) is 16.0. The van der Waals surface area contributed by atoms with Crippen molar-refractivity contribution in [3.05, 3.63) is 108 Å². The largest absolute Gasteiger partial charge is 0.323 e. The Hall–Kier alpha value is -4.26. The van der Waals surface area contributed by atoms with Crippen LogP contribution in [0.25, 0.3) is 0 Å². The van der Waals surface area contributed by atoms with Gasteiger partial charge in [0.05, 0.1) is 17.6 Å². The van der Waals surface area contributed by atoms with Gasteiger partial charge in [0.2, 0.25) is 0 Å². The number of pyridine rings is 1. The highest BCUT2D eigenvalue weighted by Crippen LogP contribution is 2.30. The molecule has 1 N–H and O–H groups in total. The minimum Gasteiger partial charge on any atom is -0.323 e. The van der Waals surface area contributed by atoms with Crippen molar-refractivity contribution in [2.75, 3.05) is 10.2 Å². The zero-order chi connectivity index (χ0) is 23.4. The topological polar surface area (TPSA) is 80.1 Å². The number of amides is 2. The molecular formula is C26H25N5O2. The molecule has 4 aromatic rings. The van der Waals surface area contributed by atoms with E-state index < -0.39 is 6.04 Å². The molecule has 1 unspecified atom stereocenters. The first kappa shape index (κ1) is 22.0. The smallest absolute Gasteiger partial charge is 0.259 e. The maximum atomic E-state index is 13.8. The lowest BCUT2D eigenvalue weighted by Crippen LogP contribution is -2.42. The maximum absolute atomic E-state index is 13.8. The predicted molar refractivity (Wildman–Crippen MR) is 128 cm³/mol. The Morgan fingerprint density at radius 3 is 2.24 bits per heavy atom. The number of carbonyl (C=O) groups excluding carboxylic acids is 2. The monoisotopic (exact) mass is 439 g/mol. The van der Waals surface area contributed by atoms with Crippen LogP contribution in [0.5, 0.6) is 0 Å². The molecule has 2 aromatic carbocycles. The number of benzene rings is 2. The number of anilines is 2. The summed E-state index contributed by atoms with van der Waals surface area (Å²) >= 11 is 0. The van der Waals surface area contributed by atoms with Crippen LogP contribution in [0.4, 0.5) is 11.4 Å². The second-order valence-corrected chi connectivity index (χ2v) is 7.83. The van der Waals surface area contributed by atoms with Crippen molar-refractivity contribution in [3.8, 4) is 0 Å². The molecule has 166 valence electrons. The van der Waals surface area contributed by atoms with Crippen LogP contribution < -0.4 is 10.2 Å². The van der Waals surface area contributed by atoms with Crippen LogP contribution in [0.1, 0.15) is 33.2 Å². The van der Waals surface area contributed by atoms with Crippen molar-refractivity contribution < 1.29 is 9.59 Å². The van der Waals surface area contributed by atoms with Crippen LogP contribution in [0.15, 0.2) is 85.3 Å². The van der Waals surface area contributed by atoms with Crippen LogP contribution >= 0.6 is 0 Å². The third-order valence-corrected chi connectivity index (χ3v) is 5.41. The molecule has 0 aliphatic carbocycles. The molecule has 0 saturated carbocycles. The van der Waals surface area contributed by atoms with Crippen molar-refractivity contribution in [3.63, 3.8) is 0 Å². The fraction of sp³-hybridized carbons (Fsp3) is 0.154. The Labute approximate surface area is 192 Å². The molecule has 7 nitrogen and oxygen atoms in total. The number of nitrogens with zero attached hydrogens (tertiary/aromatic N) is 4. The van der Waals surface area contributed by atoms with E-state index in [1.54, 1.807) is 72.8 Å². The molecule has 0 radical (unpaired) electrons. The maximum Gasteiger partial charge on any atom is 0.259 e. The predicted octanol–water partition coefficient (Wildman–Crippen LogP) is 4.46. The molecule has 7 heteroatoms. The van der Waals surface area contributed by atoms with Crippen LogP contribution in [0.2, 0.25) is 0 Å². The Morgan fingerprint density at radius 1 is 0.939 bits per heavy atom. The van der Waals surface area contributed by atoms with Gasteiger partial charge in [0.15, 0.2) is 6.04 Å². The van der Waals surface area contributed by atoms with Gasteiger partial charge in [0, 0.05) is 30.7 Å². The van der Waals surface area contributed by atoms with Gasteiger partial charge in [0.25, 0.3) is 11.8 Å². The minimum absolute atomic E-state index is 0.323. The Bertz CT molecular complexity index is 1250. The second kappa shape index (κ2) is 9.48. The van der Waals surface area contributed by atoms with E-state index in [1.807, 2.05) is 38.1 Å². The van der Waals surface area contributed by atoms with E-state index in [4.69, 9.17) is 0 Å². The van der Waals surface area contributed by atoms with Gasteiger partial charge in [-0.15, -0.1) is 0 Å². The standard InChI is InChI=1S/C26H25N5O2/c1-18-10-9-11-19(2)23(18)29-25(32)24(22-14-7-8-15-27-22)31(21-16-28-30(3)17-21)26(33)20-12-5-4-6-13-20/h4-17,24H,1-3H3,(H,29,32). The molecule has 0 fully saturated rings. The lowest BCUT2D eigenvalue weighted by Gasteiger charge is -2.30. The molecule has 1 atom stereocenters. The van der Waals surface area contributed by atoms with Gasteiger partial charge in [-0.2, -0.15) is 5.10 Å². The number of aryl methyl sites for hydroxylation is 3. The Balaban J connectivity index is 1.84. The third-order valence-electron chi connectivity index (χ3n) is 5.41. The molecule has 2 heterocycles. The zero-order valence-corrected chi connectivity index (χ0v) is 18.8. The third kappa shape index (κ3) is 4.67. The first-order valence-corrected chi connectivity index (χ1v) is 10.6. The van der Waals surface area contributed by atoms with Gasteiger partial charge in [-0.3, -0.25) is 24.2 Å². The molecule has 0 spiro atoms. The number of hydrogen-bond donors (Lipinski definition) is 1. The van der Waals surface area contributed by atoms with E-state index in [9.17, 15) is 9.59 Å². The van der Waals surface area contributed by atoms with E-state index in [0.717, 1.165) is 16.8 Å². The molecule has 33 heavy (non-hydrogen) atoms. The normalized spacial score (nSPS) is 11.6. The Morgan fingerprint density at radius 2 is 1.64 bits per heavy atom. The van der Waals surface area contributed by atoms with Gasteiger partial charge < -0.3 is 5.32 Å². The van der Waals surface area contributed by atoms with Gasteiger partial charge in [0.1, 0.15) is 0 Å². The summed E-state index contributed by atoms with van der Waals surface area (Å²) in [4.78, 5) is 33.4.